The summed E-state index contributed by atoms with van der Waals surface area (Å²) in [6.45, 7) is 5.47. The Kier molecular flexibility index (Phi) is 24.1. The molecule has 0 aromatic rings. The van der Waals surface area contributed by atoms with Crippen LogP contribution in [-0.2, 0) is 76.5 Å². The highest BCUT2D eigenvalue weighted by atomic mass is 32.2. The number of likely N-dealkylation sites (tertiary alicyclic amines) is 1. The van der Waals surface area contributed by atoms with Crippen molar-refractivity contribution in [3.05, 3.63) is 0 Å². The van der Waals surface area contributed by atoms with Crippen LogP contribution >= 0.6 is 11.8 Å². The average molecular weight is 921 g/mol. The molecule has 2 aliphatic rings. The summed E-state index contributed by atoms with van der Waals surface area (Å²) in [7, 11) is 0. The first-order valence-electron chi connectivity index (χ1n) is 19.9. The third-order valence-electron chi connectivity index (χ3n) is 8.28. The topological polar surface area (TPSA) is 338 Å². The number of imide groups is 2. The molecule has 63 heavy (non-hydrogen) atoms. The lowest BCUT2D eigenvalue weighted by molar-refractivity contribution is -0.198. The predicted octanol–water partition coefficient (Wildman–Crippen LogP) is -2.14. The predicted molar refractivity (Wildman–Crippen MR) is 213 cm³/mol. The fourth-order valence-electron chi connectivity index (χ4n) is 5.24. The Bertz CT molecular complexity index is 1630. The maximum absolute atomic E-state index is 13.1. The van der Waals surface area contributed by atoms with E-state index in [4.69, 9.17) is 33.6 Å². The van der Waals surface area contributed by atoms with Crippen LogP contribution in [0.25, 0.3) is 0 Å². The Morgan fingerprint density at radius 1 is 0.730 bits per heavy atom. The molecule has 25 nitrogen and oxygen atoms in total. The Morgan fingerprint density at radius 2 is 1.32 bits per heavy atom. The number of carboxylic acids is 2. The monoisotopic (exact) mass is 920 g/mol. The summed E-state index contributed by atoms with van der Waals surface area (Å²) in [5, 5.41) is 27.2. The molecule has 0 aromatic carbocycles. The number of thioether (sulfide) groups is 1. The lowest BCUT2D eigenvalue weighted by atomic mass is 10.1. The van der Waals surface area contributed by atoms with E-state index in [1.54, 1.807) is 20.8 Å². The van der Waals surface area contributed by atoms with E-state index in [9.17, 15) is 57.8 Å². The molecule has 0 saturated carbocycles. The van der Waals surface area contributed by atoms with Crippen molar-refractivity contribution in [2.75, 3.05) is 78.2 Å². The quantitative estimate of drug-likeness (QED) is 0.0319. The number of nitrogens with one attached hydrogen (secondary N) is 4. The van der Waals surface area contributed by atoms with Gasteiger partial charge < -0.3 is 60.0 Å². The number of carbonyl (C=O) groups is 11. The second-order valence-electron chi connectivity index (χ2n) is 14.6. The van der Waals surface area contributed by atoms with Gasteiger partial charge in [0.25, 0.3) is 11.8 Å². The van der Waals surface area contributed by atoms with Gasteiger partial charge in [-0.2, -0.15) is 0 Å². The number of alkyl carbamates (subject to hydrolysis) is 1. The molecule has 3 atom stereocenters. The SMILES string of the molecule is CC(C)(C)OC(=O)N[C@@H](CCC(=O)N[C@@H](CSC1CC(=O)N(CCC(=O)NCCOCCOCCOCCOCCC(=O)ON2C(=O)CCC2=O)C1=O)C(=O)NCC(=O)O)C(=O)O. The molecule has 0 aromatic heterocycles. The highest BCUT2D eigenvalue weighted by Gasteiger charge is 2.40. The summed E-state index contributed by atoms with van der Waals surface area (Å²) in [5.41, 5.74) is -0.916. The van der Waals surface area contributed by atoms with E-state index in [2.05, 4.69) is 21.3 Å². The van der Waals surface area contributed by atoms with Gasteiger partial charge in [-0.1, -0.05) is 0 Å². The number of hydrogen-bond donors (Lipinski definition) is 6. The van der Waals surface area contributed by atoms with Gasteiger partial charge in [0.15, 0.2) is 0 Å². The standard InChI is InChI=1S/C37H56N6O19S/c1-37(2,3)61-36(56)41-23(35(54)55)4-5-27(45)40-24(33(52)39-21-31(49)50)22-63-25-20-30(48)42(34(25)53)11-8-26(44)38-10-13-58-15-17-60-19-18-59-16-14-57-12-9-32(51)62-43-28(46)6-7-29(43)47/h23-25H,4-22H2,1-3H3,(H,38,44)(H,39,52)(H,40,45)(H,41,56)(H,49,50)(H,54,55)/t23-,24-,25?/m0/s1. The number of aliphatic carboxylic acids is 2. The van der Waals surface area contributed by atoms with Crippen molar-refractivity contribution in [1.82, 2.24) is 31.2 Å². The van der Waals surface area contributed by atoms with Gasteiger partial charge in [0, 0.05) is 50.9 Å². The summed E-state index contributed by atoms with van der Waals surface area (Å²) >= 11 is 0.855. The molecule has 0 bridgehead atoms. The molecule has 0 aliphatic carbocycles. The van der Waals surface area contributed by atoms with E-state index in [0.717, 1.165) is 16.7 Å². The highest BCUT2D eigenvalue weighted by molar-refractivity contribution is 8.00. The summed E-state index contributed by atoms with van der Waals surface area (Å²) in [4.78, 5) is 139. The van der Waals surface area contributed by atoms with E-state index in [-0.39, 0.29) is 104 Å². The second kappa shape index (κ2) is 28.3. The first-order valence-corrected chi connectivity index (χ1v) is 20.9. The van der Waals surface area contributed by atoms with Gasteiger partial charge in [0.05, 0.1) is 64.5 Å². The summed E-state index contributed by atoms with van der Waals surface area (Å²) < 4.78 is 26.4. The largest absolute Gasteiger partial charge is 0.480 e. The summed E-state index contributed by atoms with van der Waals surface area (Å²) in [5.74, 6) is -8.34. The molecule has 354 valence electrons. The number of rotatable bonds is 31. The van der Waals surface area contributed by atoms with Crippen LogP contribution in [0, 0.1) is 0 Å². The number of amides is 8. The van der Waals surface area contributed by atoms with Crippen LogP contribution in [0.1, 0.15) is 65.7 Å². The molecule has 26 heteroatoms. The molecule has 1 unspecified atom stereocenters. The van der Waals surface area contributed by atoms with Crippen LogP contribution in [0.2, 0.25) is 0 Å². The van der Waals surface area contributed by atoms with Crippen molar-refractivity contribution in [3.8, 4) is 0 Å². The maximum atomic E-state index is 13.1. The molecule has 0 radical (unpaired) electrons. The van der Waals surface area contributed by atoms with Gasteiger partial charge in [-0.15, -0.1) is 16.8 Å². The Labute approximate surface area is 366 Å². The molecule has 8 amide bonds. The third-order valence-corrected chi connectivity index (χ3v) is 9.57. The van der Waals surface area contributed by atoms with E-state index in [1.807, 2.05) is 0 Å². The number of hydroxylamine groups is 2. The molecular formula is C37H56N6O19S. The average Bonchev–Trinajstić information content (AvgIpc) is 3.66. The number of carbonyl (C=O) groups excluding carboxylic acids is 9. The second-order valence-corrected chi connectivity index (χ2v) is 15.8. The first-order chi connectivity index (χ1) is 29.8. The van der Waals surface area contributed by atoms with Gasteiger partial charge >= 0.3 is 24.0 Å². The Hall–Kier alpha value is -5.44. The summed E-state index contributed by atoms with van der Waals surface area (Å²) in [6.07, 6.45) is -2.47. The highest BCUT2D eigenvalue weighted by Crippen LogP contribution is 2.26. The van der Waals surface area contributed by atoms with Crippen LogP contribution in [-0.4, -0.2) is 187 Å². The van der Waals surface area contributed by atoms with Gasteiger partial charge in [-0.3, -0.25) is 43.3 Å². The lowest BCUT2D eigenvalue weighted by Gasteiger charge is -2.22. The van der Waals surface area contributed by atoms with Crippen molar-refractivity contribution in [3.63, 3.8) is 0 Å². The van der Waals surface area contributed by atoms with Gasteiger partial charge in [0.1, 0.15) is 24.2 Å². The van der Waals surface area contributed by atoms with Crippen LogP contribution in [0.5, 0.6) is 0 Å². The Balaban J connectivity index is 1.61. The van der Waals surface area contributed by atoms with Crippen LogP contribution in [0.15, 0.2) is 0 Å². The zero-order valence-corrected chi connectivity index (χ0v) is 36.1. The normalized spacial score (nSPS) is 16.1. The van der Waals surface area contributed by atoms with Gasteiger partial charge in [-0.05, 0) is 27.2 Å². The fourth-order valence-corrected chi connectivity index (χ4v) is 6.42. The van der Waals surface area contributed by atoms with Crippen LogP contribution in [0.4, 0.5) is 4.79 Å². The van der Waals surface area contributed by atoms with Crippen molar-refractivity contribution >= 4 is 77.1 Å². The van der Waals surface area contributed by atoms with Gasteiger partial charge in [-0.25, -0.2) is 14.4 Å². The molecule has 2 rings (SSSR count). The number of ether oxygens (including phenoxy) is 5. The van der Waals surface area contributed by atoms with Crippen LogP contribution in [0.3, 0.4) is 0 Å². The van der Waals surface area contributed by atoms with Crippen molar-refractivity contribution in [2.45, 2.75) is 88.7 Å². The van der Waals surface area contributed by atoms with Crippen LogP contribution < -0.4 is 21.3 Å². The molecule has 6 N–H and O–H groups in total. The van der Waals surface area contributed by atoms with Crippen molar-refractivity contribution in [2.24, 2.45) is 0 Å². The van der Waals surface area contributed by atoms with Gasteiger partial charge in [0.2, 0.25) is 29.5 Å². The fraction of sp³-hybridized carbons (Fsp3) is 0.703. The van der Waals surface area contributed by atoms with E-state index < -0.39 is 108 Å². The Morgan fingerprint density at radius 3 is 1.89 bits per heavy atom. The lowest BCUT2D eigenvalue weighted by Crippen LogP contribution is -2.50. The molecular weight excluding hydrogens is 864 g/mol. The number of nitrogens with zero attached hydrogens (tertiary/aromatic N) is 2. The van der Waals surface area contributed by atoms with E-state index in [0.29, 0.717) is 5.06 Å². The summed E-state index contributed by atoms with van der Waals surface area (Å²) in [6, 6.07) is -2.91. The first kappa shape index (κ1) is 53.7. The number of carboxylic acid groups (broad SMARTS) is 2. The van der Waals surface area contributed by atoms with E-state index in [1.165, 1.54) is 0 Å². The van der Waals surface area contributed by atoms with E-state index >= 15 is 0 Å². The molecule has 2 heterocycles. The molecule has 0 spiro atoms. The minimum Gasteiger partial charge on any atom is -0.480 e. The maximum Gasteiger partial charge on any atom is 0.408 e. The van der Waals surface area contributed by atoms with Crippen molar-refractivity contribution < 1.29 is 91.5 Å². The third kappa shape index (κ3) is 22.5. The number of hydrogen-bond acceptors (Lipinski definition) is 18. The molecule has 2 fully saturated rings. The zero-order valence-electron chi connectivity index (χ0n) is 35.3. The minimum absolute atomic E-state index is 0.0108. The molecule has 2 aliphatic heterocycles. The minimum atomic E-state index is -1.51. The van der Waals surface area contributed by atoms with Crippen molar-refractivity contribution in [1.29, 1.82) is 0 Å². The molecule has 2 saturated heterocycles. The zero-order chi connectivity index (χ0) is 47.0. The smallest absolute Gasteiger partial charge is 0.408 e.